The quantitative estimate of drug-likeness (QED) is 0.914. The summed E-state index contributed by atoms with van der Waals surface area (Å²) in [6.45, 7) is 5.65. The first-order valence-corrected chi connectivity index (χ1v) is 7.07. The third kappa shape index (κ3) is 3.92. The lowest BCUT2D eigenvalue weighted by molar-refractivity contribution is -0.142. The summed E-state index contributed by atoms with van der Waals surface area (Å²) in [5, 5.41) is 0. The fourth-order valence-corrected chi connectivity index (χ4v) is 2.26. The van der Waals surface area contributed by atoms with Crippen molar-refractivity contribution in [3.63, 3.8) is 0 Å². The molecule has 0 bridgehead atoms. The molecule has 1 unspecified atom stereocenters. The number of halogens is 1. The smallest absolute Gasteiger partial charge is 0.263 e. The highest BCUT2D eigenvalue weighted by atomic mass is 19.1. The van der Waals surface area contributed by atoms with Crippen LogP contribution in [0.5, 0.6) is 5.75 Å². The van der Waals surface area contributed by atoms with Gasteiger partial charge in [0.15, 0.2) is 6.10 Å². The topological polar surface area (TPSA) is 64.8 Å². The number of amides is 1. The SMILES string of the molecule is CC(Oc1ccc(F)cc1[C@H](C)N)C(=O)N1CCOCC1. The molecule has 2 rings (SSSR count). The van der Waals surface area contributed by atoms with Crippen LogP contribution in [0.25, 0.3) is 0 Å². The Morgan fingerprint density at radius 2 is 2.05 bits per heavy atom. The third-order valence-corrected chi connectivity index (χ3v) is 3.44. The number of morpholine rings is 1. The van der Waals surface area contributed by atoms with Gasteiger partial charge in [0.2, 0.25) is 0 Å². The summed E-state index contributed by atoms with van der Waals surface area (Å²) in [6.07, 6.45) is -0.647. The number of hydrogen-bond acceptors (Lipinski definition) is 4. The number of carbonyl (C=O) groups excluding carboxylic acids is 1. The van der Waals surface area contributed by atoms with Gasteiger partial charge in [-0.3, -0.25) is 4.79 Å². The second-order valence-corrected chi connectivity index (χ2v) is 5.17. The third-order valence-electron chi connectivity index (χ3n) is 3.44. The first-order valence-electron chi connectivity index (χ1n) is 7.07. The number of nitrogens with two attached hydrogens (primary N) is 1. The zero-order chi connectivity index (χ0) is 15.4. The van der Waals surface area contributed by atoms with E-state index >= 15 is 0 Å². The molecule has 1 heterocycles. The first-order chi connectivity index (χ1) is 9.99. The number of benzene rings is 1. The number of carbonyl (C=O) groups is 1. The maximum atomic E-state index is 13.3. The minimum absolute atomic E-state index is 0.0988. The normalized spacial score (nSPS) is 18.2. The monoisotopic (exact) mass is 296 g/mol. The van der Waals surface area contributed by atoms with Crippen LogP contribution in [0.15, 0.2) is 18.2 Å². The molecule has 0 spiro atoms. The van der Waals surface area contributed by atoms with Gasteiger partial charge in [0.05, 0.1) is 13.2 Å². The minimum Gasteiger partial charge on any atom is -0.481 e. The molecule has 21 heavy (non-hydrogen) atoms. The molecule has 1 fully saturated rings. The van der Waals surface area contributed by atoms with Gasteiger partial charge < -0.3 is 20.1 Å². The van der Waals surface area contributed by atoms with Crippen molar-refractivity contribution in [2.45, 2.75) is 26.0 Å². The highest BCUT2D eigenvalue weighted by molar-refractivity contribution is 5.81. The Hall–Kier alpha value is -1.66. The van der Waals surface area contributed by atoms with E-state index in [1.807, 2.05) is 0 Å². The average Bonchev–Trinajstić information content (AvgIpc) is 2.49. The Bertz CT molecular complexity index is 502. The van der Waals surface area contributed by atoms with Crippen molar-refractivity contribution in [3.8, 4) is 5.75 Å². The molecule has 1 aliphatic heterocycles. The summed E-state index contributed by atoms with van der Waals surface area (Å²) in [5.74, 6) is -0.0273. The molecule has 2 atom stereocenters. The van der Waals surface area contributed by atoms with Crippen LogP contribution in [0.1, 0.15) is 25.5 Å². The lowest BCUT2D eigenvalue weighted by Gasteiger charge is -2.29. The van der Waals surface area contributed by atoms with Crippen LogP contribution < -0.4 is 10.5 Å². The van der Waals surface area contributed by atoms with E-state index in [1.54, 1.807) is 18.7 Å². The molecule has 1 aliphatic rings. The first kappa shape index (κ1) is 15.7. The summed E-state index contributed by atoms with van der Waals surface area (Å²) in [4.78, 5) is 14.0. The van der Waals surface area contributed by atoms with E-state index in [9.17, 15) is 9.18 Å². The lowest BCUT2D eigenvalue weighted by atomic mass is 10.1. The number of ether oxygens (including phenoxy) is 2. The van der Waals surface area contributed by atoms with Gasteiger partial charge in [-0.1, -0.05) is 0 Å². The fourth-order valence-electron chi connectivity index (χ4n) is 2.26. The Labute approximate surface area is 123 Å². The fraction of sp³-hybridized carbons (Fsp3) is 0.533. The van der Waals surface area contributed by atoms with Gasteiger partial charge in [0.1, 0.15) is 11.6 Å². The summed E-state index contributed by atoms with van der Waals surface area (Å²) in [7, 11) is 0. The lowest BCUT2D eigenvalue weighted by Crippen LogP contribution is -2.46. The molecule has 0 radical (unpaired) electrons. The van der Waals surface area contributed by atoms with Crippen LogP contribution in [-0.2, 0) is 9.53 Å². The molecule has 2 N–H and O–H groups in total. The Balaban J connectivity index is 2.08. The zero-order valence-corrected chi connectivity index (χ0v) is 12.3. The van der Waals surface area contributed by atoms with Crippen molar-refractivity contribution in [2.24, 2.45) is 5.73 Å². The largest absolute Gasteiger partial charge is 0.481 e. The molecule has 0 saturated carbocycles. The van der Waals surface area contributed by atoms with Gasteiger partial charge in [0.25, 0.3) is 5.91 Å². The Morgan fingerprint density at radius 3 is 2.67 bits per heavy atom. The van der Waals surface area contributed by atoms with Gasteiger partial charge in [-0.25, -0.2) is 4.39 Å². The molecule has 0 aliphatic carbocycles. The number of rotatable bonds is 4. The molecular formula is C15H21FN2O3. The number of hydrogen-bond donors (Lipinski definition) is 1. The number of nitrogens with zero attached hydrogens (tertiary/aromatic N) is 1. The molecule has 1 aromatic carbocycles. The summed E-state index contributed by atoms with van der Waals surface area (Å²) < 4.78 is 24.2. The molecule has 0 aromatic heterocycles. The molecular weight excluding hydrogens is 275 g/mol. The van der Waals surface area contributed by atoms with E-state index < -0.39 is 6.10 Å². The van der Waals surface area contributed by atoms with E-state index in [4.69, 9.17) is 15.2 Å². The van der Waals surface area contributed by atoms with Crippen molar-refractivity contribution >= 4 is 5.91 Å². The summed E-state index contributed by atoms with van der Waals surface area (Å²) in [5.41, 5.74) is 6.37. The van der Waals surface area contributed by atoms with Crippen molar-refractivity contribution < 1.29 is 18.7 Å². The minimum atomic E-state index is -0.647. The average molecular weight is 296 g/mol. The maximum Gasteiger partial charge on any atom is 0.263 e. The Morgan fingerprint density at radius 1 is 1.38 bits per heavy atom. The van der Waals surface area contributed by atoms with Gasteiger partial charge in [-0.15, -0.1) is 0 Å². The van der Waals surface area contributed by atoms with Gasteiger partial charge in [-0.2, -0.15) is 0 Å². The molecule has 6 heteroatoms. The second kappa shape index (κ2) is 6.87. The van der Waals surface area contributed by atoms with Crippen LogP contribution >= 0.6 is 0 Å². The molecule has 1 aromatic rings. The van der Waals surface area contributed by atoms with E-state index in [0.29, 0.717) is 37.6 Å². The van der Waals surface area contributed by atoms with E-state index in [0.717, 1.165) is 0 Å². The highest BCUT2D eigenvalue weighted by Crippen LogP contribution is 2.26. The second-order valence-electron chi connectivity index (χ2n) is 5.17. The van der Waals surface area contributed by atoms with Gasteiger partial charge in [-0.05, 0) is 32.0 Å². The van der Waals surface area contributed by atoms with Crippen molar-refractivity contribution in [1.82, 2.24) is 4.90 Å². The predicted octanol–water partition coefficient (Wildman–Crippen LogP) is 1.47. The molecule has 5 nitrogen and oxygen atoms in total. The van der Waals surface area contributed by atoms with Crippen molar-refractivity contribution in [3.05, 3.63) is 29.6 Å². The van der Waals surface area contributed by atoms with Crippen LogP contribution in [0, 0.1) is 5.82 Å². The van der Waals surface area contributed by atoms with Gasteiger partial charge in [0, 0.05) is 24.7 Å². The van der Waals surface area contributed by atoms with Crippen LogP contribution in [-0.4, -0.2) is 43.2 Å². The van der Waals surface area contributed by atoms with Crippen LogP contribution in [0.3, 0.4) is 0 Å². The van der Waals surface area contributed by atoms with Crippen LogP contribution in [0.2, 0.25) is 0 Å². The van der Waals surface area contributed by atoms with Crippen LogP contribution in [0.4, 0.5) is 4.39 Å². The molecule has 1 saturated heterocycles. The summed E-state index contributed by atoms with van der Waals surface area (Å²) >= 11 is 0. The summed E-state index contributed by atoms with van der Waals surface area (Å²) in [6, 6.07) is 3.78. The maximum absolute atomic E-state index is 13.3. The molecule has 1 amide bonds. The predicted molar refractivity (Wildman–Crippen MR) is 76.5 cm³/mol. The van der Waals surface area contributed by atoms with Crippen molar-refractivity contribution in [1.29, 1.82) is 0 Å². The van der Waals surface area contributed by atoms with E-state index in [1.165, 1.54) is 18.2 Å². The van der Waals surface area contributed by atoms with Crippen molar-refractivity contribution in [2.75, 3.05) is 26.3 Å². The highest BCUT2D eigenvalue weighted by Gasteiger charge is 2.24. The van der Waals surface area contributed by atoms with Gasteiger partial charge >= 0.3 is 0 Å². The molecule has 116 valence electrons. The zero-order valence-electron chi connectivity index (χ0n) is 12.3. The standard InChI is InChI=1S/C15H21FN2O3/c1-10(17)13-9-12(16)3-4-14(13)21-11(2)15(19)18-5-7-20-8-6-18/h3-4,9-11H,5-8,17H2,1-2H3/t10-,11?/m0/s1. The van der Waals surface area contributed by atoms with E-state index in [2.05, 4.69) is 0 Å². The Kier molecular flexibility index (Phi) is 5.14. The van der Waals surface area contributed by atoms with E-state index in [-0.39, 0.29) is 17.8 Å².